The Kier molecular flexibility index (Phi) is 6.81. The maximum Gasteiger partial charge on any atom is 0.254 e. The summed E-state index contributed by atoms with van der Waals surface area (Å²) in [6.45, 7) is 1.22. The van der Waals surface area contributed by atoms with Gasteiger partial charge in [-0.15, -0.1) is 12.4 Å². The van der Waals surface area contributed by atoms with E-state index in [-0.39, 0.29) is 35.0 Å². The highest BCUT2D eigenvalue weighted by molar-refractivity contribution is 7.90. The molecule has 0 spiro atoms. The smallest absolute Gasteiger partial charge is 0.254 e. The number of carbonyl (C=O) groups excluding carboxylic acids is 1. The number of hydrogen-bond acceptors (Lipinski definition) is 4. The molecule has 1 aliphatic heterocycles. The van der Waals surface area contributed by atoms with Crippen LogP contribution in [-0.4, -0.2) is 38.4 Å². The summed E-state index contributed by atoms with van der Waals surface area (Å²) < 4.78 is 25.3. The van der Waals surface area contributed by atoms with Crippen molar-refractivity contribution >= 4 is 28.2 Å². The zero-order chi connectivity index (χ0) is 17.9. The highest BCUT2D eigenvalue weighted by Gasteiger charge is 2.25. The van der Waals surface area contributed by atoms with Crippen molar-refractivity contribution in [2.75, 3.05) is 13.1 Å². The molecule has 0 radical (unpaired) electrons. The van der Waals surface area contributed by atoms with Gasteiger partial charge in [-0.25, -0.2) is 8.42 Å². The number of halogens is 1. The number of nitrogens with two attached hydrogens (primary N) is 1. The van der Waals surface area contributed by atoms with Gasteiger partial charge in [-0.2, -0.15) is 0 Å². The van der Waals surface area contributed by atoms with Crippen molar-refractivity contribution in [3.63, 3.8) is 0 Å². The average Bonchev–Trinajstić information content (AvgIpc) is 2.63. The van der Waals surface area contributed by atoms with Crippen LogP contribution in [0.4, 0.5) is 0 Å². The Hall–Kier alpha value is -1.89. The quantitative estimate of drug-likeness (QED) is 0.864. The molecule has 2 N–H and O–H groups in total. The number of benzene rings is 2. The molecule has 7 heteroatoms. The van der Waals surface area contributed by atoms with E-state index in [1.807, 2.05) is 0 Å². The van der Waals surface area contributed by atoms with Crippen molar-refractivity contribution in [1.82, 2.24) is 4.90 Å². The van der Waals surface area contributed by atoms with Crippen LogP contribution in [0.25, 0.3) is 0 Å². The molecule has 1 saturated heterocycles. The number of hydrogen-bond donors (Lipinski definition) is 1. The lowest BCUT2D eigenvalue weighted by Gasteiger charge is -2.30. The first-order valence-electron chi connectivity index (χ1n) is 8.38. The third-order valence-electron chi connectivity index (χ3n) is 4.52. The topological polar surface area (TPSA) is 80.5 Å². The van der Waals surface area contributed by atoms with E-state index in [0.29, 0.717) is 24.2 Å². The van der Waals surface area contributed by atoms with Gasteiger partial charge >= 0.3 is 0 Å². The fraction of sp³-hybridized carbons (Fsp3) is 0.316. The first-order valence-corrected chi connectivity index (χ1v) is 10.0. The van der Waals surface area contributed by atoms with Crippen molar-refractivity contribution in [3.8, 4) is 0 Å². The number of sulfone groups is 1. The standard InChI is InChI=1S/C19H22N2O3S.ClH/c20-16-10-12-21(13-11-16)19(22)18-9-5-4-6-15(18)14-25(23,24)17-7-2-1-3-8-17;/h1-9,16H,10-14,20H2;1H. The van der Waals surface area contributed by atoms with Crippen LogP contribution >= 0.6 is 12.4 Å². The van der Waals surface area contributed by atoms with E-state index >= 15 is 0 Å². The van der Waals surface area contributed by atoms with E-state index in [2.05, 4.69) is 0 Å². The minimum Gasteiger partial charge on any atom is -0.339 e. The van der Waals surface area contributed by atoms with Gasteiger partial charge in [0.2, 0.25) is 0 Å². The maximum atomic E-state index is 12.8. The Labute approximate surface area is 160 Å². The summed E-state index contributed by atoms with van der Waals surface area (Å²) in [5.41, 5.74) is 6.89. The van der Waals surface area contributed by atoms with Crippen LogP contribution in [0.3, 0.4) is 0 Å². The Morgan fingerprint density at radius 1 is 1.00 bits per heavy atom. The molecule has 0 unspecified atom stereocenters. The van der Waals surface area contributed by atoms with Gasteiger partial charge in [-0.05, 0) is 36.6 Å². The molecular formula is C19H23ClN2O3S. The molecule has 0 saturated carbocycles. The van der Waals surface area contributed by atoms with Gasteiger partial charge in [0.25, 0.3) is 5.91 Å². The van der Waals surface area contributed by atoms with E-state index in [4.69, 9.17) is 5.73 Å². The van der Waals surface area contributed by atoms with Gasteiger partial charge in [-0.3, -0.25) is 4.79 Å². The van der Waals surface area contributed by atoms with E-state index in [1.54, 1.807) is 59.5 Å². The third-order valence-corrected chi connectivity index (χ3v) is 6.20. The molecule has 3 rings (SSSR count). The molecule has 1 amide bonds. The van der Waals surface area contributed by atoms with Gasteiger partial charge < -0.3 is 10.6 Å². The molecule has 1 heterocycles. The molecule has 1 aliphatic rings. The predicted molar refractivity (Wildman–Crippen MR) is 104 cm³/mol. The van der Waals surface area contributed by atoms with E-state index in [9.17, 15) is 13.2 Å². The average molecular weight is 395 g/mol. The summed E-state index contributed by atoms with van der Waals surface area (Å²) in [4.78, 5) is 14.9. The van der Waals surface area contributed by atoms with Crippen molar-refractivity contribution in [1.29, 1.82) is 0 Å². The number of rotatable bonds is 4. The van der Waals surface area contributed by atoms with Crippen LogP contribution in [-0.2, 0) is 15.6 Å². The highest BCUT2D eigenvalue weighted by atomic mass is 35.5. The van der Waals surface area contributed by atoms with Crippen LogP contribution in [0.15, 0.2) is 59.5 Å². The molecule has 5 nitrogen and oxygen atoms in total. The lowest BCUT2D eigenvalue weighted by atomic mass is 10.0. The number of nitrogens with zero attached hydrogens (tertiary/aromatic N) is 1. The SMILES string of the molecule is Cl.NC1CCN(C(=O)c2ccccc2CS(=O)(=O)c2ccccc2)CC1. The summed E-state index contributed by atoms with van der Waals surface area (Å²) >= 11 is 0. The van der Waals surface area contributed by atoms with Crippen molar-refractivity contribution in [2.45, 2.75) is 29.5 Å². The molecule has 26 heavy (non-hydrogen) atoms. The van der Waals surface area contributed by atoms with Crippen molar-refractivity contribution < 1.29 is 13.2 Å². The summed E-state index contributed by atoms with van der Waals surface area (Å²) in [5, 5.41) is 0. The Morgan fingerprint density at radius 3 is 2.23 bits per heavy atom. The van der Waals surface area contributed by atoms with Gasteiger partial charge in [0.1, 0.15) is 0 Å². The summed E-state index contributed by atoms with van der Waals surface area (Å²) in [6.07, 6.45) is 1.55. The van der Waals surface area contributed by atoms with E-state index < -0.39 is 9.84 Å². The van der Waals surface area contributed by atoms with Crippen LogP contribution in [0.5, 0.6) is 0 Å². The van der Waals surface area contributed by atoms with Gasteiger partial charge in [0, 0.05) is 24.7 Å². The Morgan fingerprint density at radius 2 is 1.58 bits per heavy atom. The molecular weight excluding hydrogens is 372 g/mol. The fourth-order valence-corrected chi connectivity index (χ4v) is 4.44. The molecule has 2 aromatic rings. The number of carbonyl (C=O) groups is 1. The van der Waals surface area contributed by atoms with Crippen molar-refractivity contribution in [2.24, 2.45) is 5.73 Å². The molecule has 2 aromatic carbocycles. The lowest BCUT2D eigenvalue weighted by molar-refractivity contribution is 0.0714. The molecule has 140 valence electrons. The second-order valence-electron chi connectivity index (χ2n) is 6.36. The minimum atomic E-state index is -3.50. The lowest BCUT2D eigenvalue weighted by Crippen LogP contribution is -2.43. The number of piperidine rings is 1. The monoisotopic (exact) mass is 394 g/mol. The highest BCUT2D eigenvalue weighted by Crippen LogP contribution is 2.21. The van der Waals surface area contributed by atoms with Crippen LogP contribution in [0.1, 0.15) is 28.8 Å². The summed E-state index contributed by atoms with van der Waals surface area (Å²) in [6, 6.07) is 15.4. The minimum absolute atomic E-state index is 0. The summed E-state index contributed by atoms with van der Waals surface area (Å²) in [7, 11) is -3.50. The number of likely N-dealkylation sites (tertiary alicyclic amines) is 1. The zero-order valence-electron chi connectivity index (χ0n) is 14.4. The summed E-state index contributed by atoms with van der Waals surface area (Å²) in [5.74, 6) is -0.308. The first kappa shape index (κ1) is 20.4. The first-order chi connectivity index (χ1) is 12.0. The second kappa shape index (κ2) is 8.66. The Bertz CT molecular complexity index is 848. The Balaban J connectivity index is 0.00000243. The molecule has 1 fully saturated rings. The van der Waals surface area contributed by atoms with Crippen molar-refractivity contribution in [3.05, 3.63) is 65.7 Å². The zero-order valence-corrected chi connectivity index (χ0v) is 16.0. The molecule has 0 aliphatic carbocycles. The molecule has 0 bridgehead atoms. The second-order valence-corrected chi connectivity index (χ2v) is 8.35. The largest absolute Gasteiger partial charge is 0.339 e. The van der Waals surface area contributed by atoms with Gasteiger partial charge in [0.05, 0.1) is 10.6 Å². The third kappa shape index (κ3) is 4.63. The normalized spacial score (nSPS) is 15.3. The molecule has 0 atom stereocenters. The van der Waals surface area contributed by atoms with Crippen LogP contribution in [0.2, 0.25) is 0 Å². The van der Waals surface area contributed by atoms with Gasteiger partial charge in [0.15, 0.2) is 9.84 Å². The predicted octanol–water partition coefficient (Wildman–Crippen LogP) is 2.65. The molecule has 0 aromatic heterocycles. The van der Waals surface area contributed by atoms with Crippen LogP contribution < -0.4 is 5.73 Å². The fourth-order valence-electron chi connectivity index (χ4n) is 3.04. The van der Waals surface area contributed by atoms with Gasteiger partial charge in [-0.1, -0.05) is 36.4 Å². The van der Waals surface area contributed by atoms with E-state index in [0.717, 1.165) is 12.8 Å². The van der Waals surface area contributed by atoms with Crippen LogP contribution in [0, 0.1) is 0 Å². The maximum absolute atomic E-state index is 12.8. The number of amides is 1. The van der Waals surface area contributed by atoms with E-state index in [1.165, 1.54) is 0 Å².